The Balaban J connectivity index is 2.05. The Bertz CT molecular complexity index is 501. The zero-order valence-corrected chi connectivity index (χ0v) is 13.0. The van der Waals surface area contributed by atoms with Crippen molar-refractivity contribution in [1.82, 2.24) is 10.6 Å². The number of para-hydroxylation sites is 1. The summed E-state index contributed by atoms with van der Waals surface area (Å²) in [6.07, 6.45) is 0.878. The average molecular weight is 307 g/mol. The van der Waals surface area contributed by atoms with Crippen LogP contribution in [0.5, 0.6) is 0 Å². The molecule has 1 aromatic rings. The highest BCUT2D eigenvalue weighted by Crippen LogP contribution is 2.16. The molecule has 0 saturated carbocycles. The van der Waals surface area contributed by atoms with Crippen molar-refractivity contribution in [3.05, 3.63) is 29.8 Å². The van der Waals surface area contributed by atoms with Gasteiger partial charge in [-0.1, -0.05) is 19.1 Å². The van der Waals surface area contributed by atoms with E-state index < -0.39 is 0 Å². The molecule has 2 amide bonds. The molecule has 114 valence electrons. The fraction of sp³-hybridized carbons (Fsp3) is 0.467. The van der Waals surface area contributed by atoms with Crippen LogP contribution < -0.4 is 16.0 Å². The first-order valence-electron chi connectivity index (χ1n) is 7.21. The van der Waals surface area contributed by atoms with Gasteiger partial charge in [-0.3, -0.25) is 9.59 Å². The van der Waals surface area contributed by atoms with Crippen LogP contribution in [0, 0.1) is 0 Å². The van der Waals surface area contributed by atoms with Crippen LogP contribution in [0.3, 0.4) is 0 Å². The molecule has 5 nitrogen and oxygen atoms in total. The second-order valence-corrected chi connectivity index (χ2v) is 6.02. The Kier molecular flexibility index (Phi) is 6.07. The van der Waals surface area contributed by atoms with Crippen LogP contribution in [0.4, 0.5) is 5.69 Å². The summed E-state index contributed by atoms with van der Waals surface area (Å²) < 4.78 is 0. The molecule has 3 N–H and O–H groups in total. The van der Waals surface area contributed by atoms with E-state index in [0.717, 1.165) is 24.5 Å². The average Bonchev–Trinajstić information content (AvgIpc) is 2.54. The molecule has 0 radical (unpaired) electrons. The lowest BCUT2D eigenvalue weighted by Crippen LogP contribution is -2.46. The number of carbonyl (C=O) groups excluding carboxylic acids is 2. The van der Waals surface area contributed by atoms with Gasteiger partial charge in [0.2, 0.25) is 5.91 Å². The summed E-state index contributed by atoms with van der Waals surface area (Å²) in [4.78, 5) is 24.3. The first-order chi connectivity index (χ1) is 10.2. The molecule has 0 spiro atoms. The molecule has 0 aliphatic carbocycles. The smallest absolute Gasteiger partial charge is 0.253 e. The van der Waals surface area contributed by atoms with E-state index in [4.69, 9.17) is 0 Å². The van der Waals surface area contributed by atoms with E-state index in [1.54, 1.807) is 30.0 Å². The van der Waals surface area contributed by atoms with Crippen LogP contribution in [-0.2, 0) is 4.79 Å². The molecule has 1 saturated heterocycles. The van der Waals surface area contributed by atoms with Crippen LogP contribution in [0.1, 0.15) is 23.7 Å². The Morgan fingerprint density at radius 1 is 1.38 bits per heavy atom. The Morgan fingerprint density at radius 3 is 2.90 bits per heavy atom. The number of anilines is 1. The third-order valence-electron chi connectivity index (χ3n) is 3.20. The van der Waals surface area contributed by atoms with Crippen molar-refractivity contribution in [1.29, 1.82) is 0 Å². The van der Waals surface area contributed by atoms with Crippen molar-refractivity contribution in [3.8, 4) is 0 Å². The molecule has 1 fully saturated rings. The second-order valence-electron chi connectivity index (χ2n) is 4.87. The Hall–Kier alpha value is -1.53. The predicted octanol–water partition coefficient (Wildman–Crippen LogP) is 1.47. The van der Waals surface area contributed by atoms with Crippen molar-refractivity contribution >= 4 is 29.3 Å². The lowest BCUT2D eigenvalue weighted by atomic mass is 10.1. The SMILES string of the molecule is CCCNC(=O)c1ccccc1NC(=O)C1CSCCN1. The van der Waals surface area contributed by atoms with Crippen molar-refractivity contribution in [2.45, 2.75) is 19.4 Å². The molecule has 0 bridgehead atoms. The van der Waals surface area contributed by atoms with E-state index in [2.05, 4.69) is 16.0 Å². The predicted molar refractivity (Wildman–Crippen MR) is 86.8 cm³/mol. The van der Waals surface area contributed by atoms with Crippen molar-refractivity contribution in [2.75, 3.05) is 29.9 Å². The van der Waals surface area contributed by atoms with Gasteiger partial charge in [0.05, 0.1) is 17.3 Å². The van der Waals surface area contributed by atoms with Crippen LogP contribution >= 0.6 is 11.8 Å². The van der Waals surface area contributed by atoms with Gasteiger partial charge in [-0.15, -0.1) is 0 Å². The maximum absolute atomic E-state index is 12.2. The number of hydrogen-bond donors (Lipinski definition) is 3. The van der Waals surface area contributed by atoms with Crippen LogP contribution in [-0.4, -0.2) is 42.5 Å². The highest BCUT2D eigenvalue weighted by Gasteiger charge is 2.22. The molecule has 1 aliphatic heterocycles. The molecule has 0 aromatic heterocycles. The summed E-state index contributed by atoms with van der Waals surface area (Å²) in [7, 11) is 0. The number of nitrogens with one attached hydrogen (secondary N) is 3. The van der Waals surface area contributed by atoms with E-state index >= 15 is 0 Å². The van der Waals surface area contributed by atoms with E-state index in [1.165, 1.54) is 0 Å². The van der Waals surface area contributed by atoms with Crippen molar-refractivity contribution in [2.24, 2.45) is 0 Å². The minimum Gasteiger partial charge on any atom is -0.352 e. The highest BCUT2D eigenvalue weighted by atomic mass is 32.2. The van der Waals surface area contributed by atoms with Gasteiger partial charge < -0.3 is 16.0 Å². The van der Waals surface area contributed by atoms with Gasteiger partial charge in [-0.25, -0.2) is 0 Å². The summed E-state index contributed by atoms with van der Waals surface area (Å²) in [5.74, 6) is 1.55. The number of hydrogen-bond acceptors (Lipinski definition) is 4. The zero-order valence-electron chi connectivity index (χ0n) is 12.1. The lowest BCUT2D eigenvalue weighted by Gasteiger charge is -2.22. The number of rotatable bonds is 5. The van der Waals surface area contributed by atoms with Gasteiger partial charge >= 0.3 is 0 Å². The van der Waals surface area contributed by atoms with Gasteiger partial charge in [-0.2, -0.15) is 11.8 Å². The summed E-state index contributed by atoms with van der Waals surface area (Å²) in [5.41, 5.74) is 1.07. The first-order valence-corrected chi connectivity index (χ1v) is 8.37. The maximum Gasteiger partial charge on any atom is 0.253 e. The Morgan fingerprint density at radius 2 is 2.19 bits per heavy atom. The molecular formula is C15H21N3O2S. The third-order valence-corrected chi connectivity index (χ3v) is 4.27. The highest BCUT2D eigenvalue weighted by molar-refractivity contribution is 7.99. The van der Waals surface area contributed by atoms with E-state index in [1.807, 2.05) is 13.0 Å². The molecule has 1 aliphatic rings. The molecular weight excluding hydrogens is 286 g/mol. The number of amides is 2. The summed E-state index contributed by atoms with van der Waals surface area (Å²) in [5, 5.41) is 8.88. The zero-order chi connectivity index (χ0) is 15.1. The first kappa shape index (κ1) is 15.9. The Labute approximate surface area is 129 Å². The monoisotopic (exact) mass is 307 g/mol. The van der Waals surface area contributed by atoms with Gasteiger partial charge in [0.25, 0.3) is 5.91 Å². The molecule has 1 aromatic carbocycles. The molecule has 2 rings (SSSR count). The van der Waals surface area contributed by atoms with Crippen LogP contribution in [0.25, 0.3) is 0 Å². The maximum atomic E-state index is 12.2. The van der Waals surface area contributed by atoms with E-state index in [-0.39, 0.29) is 17.9 Å². The molecule has 1 atom stereocenters. The second kappa shape index (κ2) is 8.05. The normalized spacial score (nSPS) is 18.0. The number of carbonyl (C=O) groups is 2. The largest absolute Gasteiger partial charge is 0.352 e. The summed E-state index contributed by atoms with van der Waals surface area (Å²) >= 11 is 1.76. The molecule has 1 heterocycles. The fourth-order valence-corrected chi connectivity index (χ4v) is 3.01. The topological polar surface area (TPSA) is 70.2 Å². The van der Waals surface area contributed by atoms with E-state index in [0.29, 0.717) is 17.8 Å². The molecule has 21 heavy (non-hydrogen) atoms. The van der Waals surface area contributed by atoms with Crippen LogP contribution in [0.15, 0.2) is 24.3 Å². The van der Waals surface area contributed by atoms with Gasteiger partial charge in [0.1, 0.15) is 0 Å². The minimum absolute atomic E-state index is 0.0852. The van der Waals surface area contributed by atoms with Crippen molar-refractivity contribution in [3.63, 3.8) is 0 Å². The van der Waals surface area contributed by atoms with Gasteiger partial charge in [0, 0.05) is 24.6 Å². The van der Waals surface area contributed by atoms with Gasteiger partial charge in [-0.05, 0) is 18.6 Å². The van der Waals surface area contributed by atoms with Crippen LogP contribution in [0.2, 0.25) is 0 Å². The number of thioether (sulfide) groups is 1. The minimum atomic E-state index is -0.199. The quantitative estimate of drug-likeness (QED) is 0.770. The third kappa shape index (κ3) is 4.47. The van der Waals surface area contributed by atoms with Gasteiger partial charge in [0.15, 0.2) is 0 Å². The lowest BCUT2D eigenvalue weighted by molar-refractivity contribution is -0.117. The standard InChI is InChI=1S/C15H21N3O2S/c1-2-7-17-14(19)11-5-3-4-6-12(11)18-15(20)13-10-21-9-8-16-13/h3-6,13,16H,2,7-10H2,1H3,(H,17,19)(H,18,20). The summed E-state index contributed by atoms with van der Waals surface area (Å²) in [6, 6.07) is 6.90. The van der Waals surface area contributed by atoms with Crippen molar-refractivity contribution < 1.29 is 9.59 Å². The summed E-state index contributed by atoms with van der Waals surface area (Å²) in [6.45, 7) is 3.46. The number of benzene rings is 1. The molecule has 1 unspecified atom stereocenters. The molecule has 6 heteroatoms. The van der Waals surface area contributed by atoms with E-state index in [9.17, 15) is 9.59 Å². The fourth-order valence-electron chi connectivity index (χ4n) is 2.08.